The summed E-state index contributed by atoms with van der Waals surface area (Å²) in [6.07, 6.45) is 4.27. The minimum atomic E-state index is -0.871. The molecule has 4 rings (SSSR count). The number of hydrogen-bond acceptors (Lipinski definition) is 4. The van der Waals surface area contributed by atoms with Crippen molar-refractivity contribution in [2.45, 2.75) is 46.5 Å². The molecular formula is C22H23FN4O. The van der Waals surface area contributed by atoms with E-state index in [9.17, 15) is 4.39 Å². The molecule has 0 unspecified atom stereocenters. The summed E-state index contributed by atoms with van der Waals surface area (Å²) in [6, 6.07) is 6.41. The van der Waals surface area contributed by atoms with Crippen molar-refractivity contribution in [2.24, 2.45) is 0 Å². The minimum absolute atomic E-state index is 0.309. The smallest absolute Gasteiger partial charge is 0.382 e. The molecule has 5 nitrogen and oxygen atoms in total. The van der Waals surface area contributed by atoms with Crippen molar-refractivity contribution in [1.29, 1.82) is 0 Å². The number of pyridine rings is 1. The molecule has 1 aromatic carbocycles. The van der Waals surface area contributed by atoms with E-state index in [1.54, 1.807) is 6.20 Å². The summed E-state index contributed by atoms with van der Waals surface area (Å²) in [5, 5.41) is 0. The number of halogens is 1. The summed E-state index contributed by atoms with van der Waals surface area (Å²) in [4.78, 5) is 12.9. The third-order valence-corrected chi connectivity index (χ3v) is 4.93. The Morgan fingerprint density at radius 2 is 1.68 bits per heavy atom. The fourth-order valence-corrected chi connectivity index (χ4v) is 3.64. The predicted molar refractivity (Wildman–Crippen MR) is 107 cm³/mol. The van der Waals surface area contributed by atoms with Crippen molar-refractivity contribution < 1.29 is 8.81 Å². The molecule has 0 radical (unpaired) electrons. The Kier molecular flexibility index (Phi) is 4.49. The number of aryl methyl sites for hydroxylation is 1. The fourth-order valence-electron chi connectivity index (χ4n) is 3.64. The fraction of sp³-hybridized carbons (Fsp3) is 0.318. The van der Waals surface area contributed by atoms with Crippen LogP contribution in [0, 0.1) is 13.1 Å². The van der Waals surface area contributed by atoms with Crippen molar-refractivity contribution in [2.75, 3.05) is 0 Å². The van der Waals surface area contributed by atoms with Crippen LogP contribution >= 0.6 is 0 Å². The van der Waals surface area contributed by atoms with Gasteiger partial charge in [0.2, 0.25) is 0 Å². The van der Waals surface area contributed by atoms with Gasteiger partial charge in [-0.15, -0.1) is 4.39 Å². The quantitative estimate of drug-likeness (QED) is 0.452. The molecule has 0 saturated heterocycles. The lowest BCUT2D eigenvalue weighted by atomic mass is 9.92. The molecule has 0 spiro atoms. The van der Waals surface area contributed by atoms with E-state index in [4.69, 9.17) is 9.40 Å². The van der Waals surface area contributed by atoms with E-state index in [-0.39, 0.29) is 0 Å². The molecular weight excluding hydrogens is 355 g/mol. The second-order valence-corrected chi connectivity index (χ2v) is 7.67. The van der Waals surface area contributed by atoms with Crippen molar-refractivity contribution in [3.05, 3.63) is 59.8 Å². The van der Waals surface area contributed by atoms with Gasteiger partial charge in [-0.25, -0.2) is 4.98 Å². The Morgan fingerprint density at radius 1 is 1.00 bits per heavy atom. The maximum atomic E-state index is 13.7. The van der Waals surface area contributed by atoms with Crippen LogP contribution in [0.1, 0.15) is 56.4 Å². The predicted octanol–water partition coefficient (Wildman–Crippen LogP) is 5.77. The van der Waals surface area contributed by atoms with Crippen LogP contribution in [0.3, 0.4) is 0 Å². The summed E-state index contributed by atoms with van der Waals surface area (Å²) in [5.74, 6) is 1.35. The van der Waals surface area contributed by atoms with Crippen molar-refractivity contribution in [1.82, 2.24) is 19.5 Å². The van der Waals surface area contributed by atoms with Crippen molar-refractivity contribution in [3.8, 4) is 17.1 Å². The molecule has 0 aliphatic rings. The van der Waals surface area contributed by atoms with Gasteiger partial charge in [0.1, 0.15) is 11.3 Å². The Bertz CT molecular complexity index is 1130. The molecule has 6 heteroatoms. The summed E-state index contributed by atoms with van der Waals surface area (Å²) < 4.78 is 20.8. The SMILES string of the molecule is Cc1cn(-c2c(C(C)C)cccc2C(C)C)c(-c2cncc3oc(F)nc23)n1. The first kappa shape index (κ1) is 18.3. The van der Waals surface area contributed by atoms with Gasteiger partial charge in [0.15, 0.2) is 5.58 Å². The normalized spacial score (nSPS) is 11.9. The molecule has 3 heterocycles. The van der Waals surface area contributed by atoms with E-state index in [0.29, 0.717) is 34.3 Å². The molecule has 3 aromatic heterocycles. The topological polar surface area (TPSA) is 56.7 Å². The molecule has 28 heavy (non-hydrogen) atoms. The number of oxazole rings is 1. The second-order valence-electron chi connectivity index (χ2n) is 7.67. The van der Waals surface area contributed by atoms with Crippen LogP contribution in [0.25, 0.3) is 28.2 Å². The first-order chi connectivity index (χ1) is 13.4. The molecule has 0 amide bonds. The standard InChI is InChI=1S/C22H23FN4O/c1-12(2)15-7-6-8-16(13(3)4)20(15)27-11-14(5)25-21(27)17-9-24-10-18-19(17)26-22(23)28-18/h6-13H,1-5H3. The summed E-state index contributed by atoms with van der Waals surface area (Å²) in [7, 11) is 0. The molecule has 0 aliphatic heterocycles. The van der Waals surface area contributed by atoms with Crippen LogP contribution in [0.5, 0.6) is 0 Å². The number of hydrogen-bond donors (Lipinski definition) is 0. The maximum absolute atomic E-state index is 13.7. The zero-order valence-corrected chi connectivity index (χ0v) is 16.7. The Morgan fingerprint density at radius 3 is 2.32 bits per heavy atom. The highest BCUT2D eigenvalue weighted by Crippen LogP contribution is 2.35. The van der Waals surface area contributed by atoms with Gasteiger partial charge in [-0.2, -0.15) is 4.98 Å². The Balaban J connectivity index is 2.05. The zero-order valence-electron chi connectivity index (χ0n) is 16.7. The van der Waals surface area contributed by atoms with E-state index in [1.807, 2.05) is 13.1 Å². The summed E-state index contributed by atoms with van der Waals surface area (Å²) >= 11 is 0. The van der Waals surface area contributed by atoms with Crippen molar-refractivity contribution >= 4 is 11.1 Å². The number of rotatable bonds is 4. The van der Waals surface area contributed by atoms with Crippen LogP contribution in [-0.4, -0.2) is 19.5 Å². The number of aromatic nitrogens is 4. The second kappa shape index (κ2) is 6.86. The van der Waals surface area contributed by atoms with E-state index >= 15 is 0 Å². The molecule has 4 aromatic rings. The van der Waals surface area contributed by atoms with E-state index in [0.717, 1.165) is 11.4 Å². The monoisotopic (exact) mass is 378 g/mol. The van der Waals surface area contributed by atoms with Gasteiger partial charge in [-0.3, -0.25) is 9.55 Å². The molecule has 144 valence electrons. The molecule has 0 aliphatic carbocycles. The minimum Gasteiger partial charge on any atom is -0.413 e. The summed E-state index contributed by atoms with van der Waals surface area (Å²) in [6.45, 7) is 10.7. The van der Waals surface area contributed by atoms with Crippen LogP contribution in [0.4, 0.5) is 4.39 Å². The van der Waals surface area contributed by atoms with Crippen LogP contribution in [-0.2, 0) is 0 Å². The van der Waals surface area contributed by atoms with Gasteiger partial charge >= 0.3 is 6.14 Å². The molecule has 0 saturated carbocycles. The maximum Gasteiger partial charge on any atom is 0.382 e. The first-order valence-corrected chi connectivity index (χ1v) is 9.46. The van der Waals surface area contributed by atoms with Gasteiger partial charge < -0.3 is 4.42 Å². The van der Waals surface area contributed by atoms with Crippen LogP contribution in [0.2, 0.25) is 0 Å². The molecule has 0 bridgehead atoms. The van der Waals surface area contributed by atoms with Gasteiger partial charge in [-0.1, -0.05) is 45.9 Å². The lowest BCUT2D eigenvalue weighted by Crippen LogP contribution is -2.08. The molecule has 0 fully saturated rings. The third kappa shape index (κ3) is 2.99. The van der Waals surface area contributed by atoms with E-state index < -0.39 is 6.14 Å². The number of fused-ring (bicyclic) bond motifs is 1. The number of para-hydroxylation sites is 1. The largest absolute Gasteiger partial charge is 0.413 e. The van der Waals surface area contributed by atoms with Crippen LogP contribution < -0.4 is 0 Å². The number of benzene rings is 1. The molecule has 0 atom stereocenters. The highest BCUT2D eigenvalue weighted by atomic mass is 19.1. The van der Waals surface area contributed by atoms with E-state index in [2.05, 4.69) is 60.4 Å². The average Bonchev–Trinajstić information content (AvgIpc) is 3.22. The van der Waals surface area contributed by atoms with Gasteiger partial charge in [0, 0.05) is 12.4 Å². The first-order valence-electron chi connectivity index (χ1n) is 9.46. The Hall–Kier alpha value is -3.02. The Labute approximate surface area is 163 Å². The lowest BCUT2D eigenvalue weighted by molar-refractivity contribution is 0.354. The third-order valence-electron chi connectivity index (χ3n) is 4.93. The average molecular weight is 378 g/mol. The van der Waals surface area contributed by atoms with Gasteiger partial charge in [0.25, 0.3) is 0 Å². The molecule has 0 N–H and O–H groups in total. The van der Waals surface area contributed by atoms with Crippen LogP contribution in [0.15, 0.2) is 41.2 Å². The highest BCUT2D eigenvalue weighted by Gasteiger charge is 2.22. The summed E-state index contributed by atoms with van der Waals surface area (Å²) in [5.41, 5.74) is 5.82. The van der Waals surface area contributed by atoms with Gasteiger partial charge in [0.05, 0.1) is 23.1 Å². The number of nitrogens with zero attached hydrogens (tertiary/aromatic N) is 4. The lowest BCUT2D eigenvalue weighted by Gasteiger charge is -2.21. The van der Waals surface area contributed by atoms with E-state index in [1.165, 1.54) is 17.3 Å². The highest BCUT2D eigenvalue weighted by molar-refractivity contribution is 5.88. The number of imidazole rings is 1. The van der Waals surface area contributed by atoms with Crippen molar-refractivity contribution in [3.63, 3.8) is 0 Å². The van der Waals surface area contributed by atoms with Gasteiger partial charge in [-0.05, 0) is 29.9 Å². The zero-order chi connectivity index (χ0) is 20.0.